The molecular formula is C8H12N2O4S. The van der Waals surface area contributed by atoms with Crippen LogP contribution in [0.2, 0.25) is 0 Å². The van der Waals surface area contributed by atoms with Gasteiger partial charge in [-0.25, -0.2) is 0 Å². The molecule has 0 unspecified atom stereocenters. The highest BCUT2D eigenvalue weighted by molar-refractivity contribution is 7.85. The van der Waals surface area contributed by atoms with Gasteiger partial charge in [-0.3, -0.25) is 4.55 Å². The lowest BCUT2D eigenvalue weighted by Gasteiger charge is -2.04. The Labute approximate surface area is 87.7 Å². The zero-order valence-corrected chi connectivity index (χ0v) is 8.81. The minimum atomic E-state index is -3.98. The van der Waals surface area contributed by atoms with Crippen LogP contribution in [0.15, 0.2) is 12.3 Å². The second-order valence-corrected chi connectivity index (χ2v) is 4.58. The number of hydrogen-bond acceptors (Lipinski definition) is 5. The molecule has 0 saturated carbocycles. The van der Waals surface area contributed by atoms with Gasteiger partial charge in [-0.05, 0) is 18.1 Å². The number of aromatic nitrogens is 2. The molecule has 0 saturated heterocycles. The average molecular weight is 232 g/mol. The summed E-state index contributed by atoms with van der Waals surface area (Å²) in [6.07, 6.45) is 1.97. The van der Waals surface area contributed by atoms with E-state index in [1.54, 1.807) is 6.07 Å². The van der Waals surface area contributed by atoms with E-state index in [2.05, 4.69) is 10.2 Å². The van der Waals surface area contributed by atoms with Crippen molar-refractivity contribution in [3.8, 4) is 0 Å². The Morgan fingerprint density at radius 3 is 2.67 bits per heavy atom. The number of hydrogen-bond donors (Lipinski definition) is 2. The topological polar surface area (TPSA) is 100 Å². The van der Waals surface area contributed by atoms with E-state index in [1.165, 1.54) is 6.20 Å². The molecule has 15 heavy (non-hydrogen) atoms. The van der Waals surface area contributed by atoms with E-state index in [4.69, 9.17) is 9.66 Å². The van der Waals surface area contributed by atoms with Crippen LogP contribution in [-0.2, 0) is 23.0 Å². The lowest BCUT2D eigenvalue weighted by molar-refractivity contribution is 0.299. The fraction of sp³-hybridized carbons (Fsp3) is 0.500. The molecule has 0 aliphatic rings. The largest absolute Gasteiger partial charge is 0.396 e. The highest BCUT2D eigenvalue weighted by Crippen LogP contribution is 2.06. The first-order valence-corrected chi connectivity index (χ1v) is 5.99. The summed E-state index contributed by atoms with van der Waals surface area (Å²) in [5.74, 6) is -0.385. The van der Waals surface area contributed by atoms with Gasteiger partial charge >= 0.3 is 0 Å². The number of aliphatic hydroxyl groups is 1. The first-order chi connectivity index (χ1) is 7.03. The fourth-order valence-corrected chi connectivity index (χ4v) is 1.62. The summed E-state index contributed by atoms with van der Waals surface area (Å²) in [4.78, 5) is 0. The van der Waals surface area contributed by atoms with Crippen LogP contribution >= 0.6 is 0 Å². The Hall–Kier alpha value is -1.05. The first kappa shape index (κ1) is 12.0. The number of nitrogens with zero attached hydrogens (tertiary/aromatic N) is 2. The van der Waals surface area contributed by atoms with Gasteiger partial charge in [0.15, 0.2) is 0 Å². The molecule has 1 aromatic rings. The lowest BCUT2D eigenvalue weighted by atomic mass is 10.1. The maximum Gasteiger partial charge on any atom is 0.265 e. The Balaban J connectivity index is 2.75. The van der Waals surface area contributed by atoms with Crippen molar-refractivity contribution in [1.29, 1.82) is 0 Å². The van der Waals surface area contributed by atoms with Gasteiger partial charge in [-0.1, -0.05) is 0 Å². The maximum absolute atomic E-state index is 10.5. The second-order valence-electron chi connectivity index (χ2n) is 3.01. The molecule has 0 aromatic carbocycles. The maximum atomic E-state index is 10.5. The molecule has 6 nitrogen and oxygen atoms in total. The van der Waals surface area contributed by atoms with Gasteiger partial charge in [0.1, 0.15) is 0 Å². The molecule has 0 spiro atoms. The van der Waals surface area contributed by atoms with Crippen LogP contribution in [0.4, 0.5) is 0 Å². The molecule has 1 aromatic heterocycles. The number of aryl methyl sites for hydroxylation is 1. The molecule has 0 fully saturated rings. The summed E-state index contributed by atoms with van der Waals surface area (Å²) in [6.45, 7) is -0.0371. The van der Waals surface area contributed by atoms with Crippen LogP contribution in [0.3, 0.4) is 0 Å². The van der Waals surface area contributed by atoms with E-state index < -0.39 is 10.1 Å². The standard InChI is InChI=1S/C8H12N2O4S/c11-5-2-7-1-4-9-10-8(7)3-6-15(12,13)14/h1,4,11H,2-3,5-6H2,(H,12,13,14). The van der Waals surface area contributed by atoms with Gasteiger partial charge in [0, 0.05) is 19.2 Å². The fourth-order valence-electron chi connectivity index (χ4n) is 1.17. The van der Waals surface area contributed by atoms with Crippen LogP contribution in [-0.4, -0.2) is 40.6 Å². The molecular weight excluding hydrogens is 220 g/mol. The van der Waals surface area contributed by atoms with Gasteiger partial charge in [-0.15, -0.1) is 0 Å². The predicted molar refractivity (Wildman–Crippen MR) is 52.9 cm³/mol. The van der Waals surface area contributed by atoms with Crippen LogP contribution in [0.5, 0.6) is 0 Å². The molecule has 1 heterocycles. The summed E-state index contributed by atoms with van der Waals surface area (Å²) in [7, 11) is -3.98. The van der Waals surface area contributed by atoms with E-state index in [9.17, 15) is 8.42 Å². The van der Waals surface area contributed by atoms with E-state index in [-0.39, 0.29) is 18.8 Å². The van der Waals surface area contributed by atoms with Crippen molar-refractivity contribution >= 4 is 10.1 Å². The van der Waals surface area contributed by atoms with Crippen molar-refractivity contribution < 1.29 is 18.1 Å². The molecule has 2 N–H and O–H groups in total. The quantitative estimate of drug-likeness (QED) is 0.660. The van der Waals surface area contributed by atoms with E-state index in [0.717, 1.165) is 5.56 Å². The third-order valence-electron chi connectivity index (χ3n) is 1.87. The average Bonchev–Trinajstić information content (AvgIpc) is 2.16. The van der Waals surface area contributed by atoms with Crippen LogP contribution in [0, 0.1) is 0 Å². The van der Waals surface area contributed by atoms with Gasteiger partial charge in [0.25, 0.3) is 10.1 Å². The van der Waals surface area contributed by atoms with E-state index >= 15 is 0 Å². The SMILES string of the molecule is O=S(=O)(O)CCc1nnccc1CCO. The monoisotopic (exact) mass is 232 g/mol. The summed E-state index contributed by atoms with van der Waals surface area (Å²) in [5.41, 5.74) is 1.24. The normalized spacial score (nSPS) is 11.6. The first-order valence-electron chi connectivity index (χ1n) is 4.38. The van der Waals surface area contributed by atoms with Crippen molar-refractivity contribution in [1.82, 2.24) is 10.2 Å². The summed E-state index contributed by atoms with van der Waals surface area (Å²) >= 11 is 0. The van der Waals surface area contributed by atoms with Crippen molar-refractivity contribution in [3.05, 3.63) is 23.5 Å². The molecule has 1 rings (SSSR count). The highest BCUT2D eigenvalue weighted by Gasteiger charge is 2.09. The summed E-state index contributed by atoms with van der Waals surface area (Å²) in [6, 6.07) is 1.67. The lowest BCUT2D eigenvalue weighted by Crippen LogP contribution is -2.10. The predicted octanol–water partition coefficient (Wildman–Crippen LogP) is -0.558. The van der Waals surface area contributed by atoms with Crippen molar-refractivity contribution in [2.45, 2.75) is 12.8 Å². The smallest absolute Gasteiger partial charge is 0.265 e. The third kappa shape index (κ3) is 4.32. The minimum Gasteiger partial charge on any atom is -0.396 e. The highest BCUT2D eigenvalue weighted by atomic mass is 32.2. The van der Waals surface area contributed by atoms with Crippen molar-refractivity contribution in [2.24, 2.45) is 0 Å². The van der Waals surface area contributed by atoms with Gasteiger partial charge in [-0.2, -0.15) is 18.6 Å². The Morgan fingerprint density at radius 1 is 1.33 bits per heavy atom. The molecule has 84 valence electrons. The molecule has 0 atom stereocenters. The summed E-state index contributed by atoms with van der Waals surface area (Å²) in [5, 5.41) is 16.1. The molecule has 0 amide bonds. The minimum absolute atomic E-state index is 0.0371. The zero-order valence-electron chi connectivity index (χ0n) is 8.00. The Kier molecular flexibility index (Phi) is 4.13. The van der Waals surface area contributed by atoms with Gasteiger partial charge < -0.3 is 5.11 Å². The van der Waals surface area contributed by atoms with Gasteiger partial charge in [0.2, 0.25) is 0 Å². The Morgan fingerprint density at radius 2 is 2.07 bits per heavy atom. The van der Waals surface area contributed by atoms with Gasteiger partial charge in [0.05, 0.1) is 11.4 Å². The van der Waals surface area contributed by atoms with Crippen molar-refractivity contribution in [3.63, 3.8) is 0 Å². The summed E-state index contributed by atoms with van der Waals surface area (Å²) < 4.78 is 29.6. The molecule has 0 aliphatic carbocycles. The third-order valence-corrected chi connectivity index (χ3v) is 2.59. The molecule has 7 heteroatoms. The Bertz CT molecular complexity index is 418. The van der Waals surface area contributed by atoms with Crippen LogP contribution < -0.4 is 0 Å². The van der Waals surface area contributed by atoms with E-state index in [1.807, 2.05) is 0 Å². The molecule has 0 bridgehead atoms. The van der Waals surface area contributed by atoms with Crippen LogP contribution in [0.25, 0.3) is 0 Å². The van der Waals surface area contributed by atoms with Crippen molar-refractivity contribution in [2.75, 3.05) is 12.4 Å². The second kappa shape index (κ2) is 5.15. The number of rotatable bonds is 5. The van der Waals surface area contributed by atoms with E-state index in [0.29, 0.717) is 12.1 Å². The van der Waals surface area contributed by atoms with Crippen LogP contribution in [0.1, 0.15) is 11.3 Å². The molecule has 0 radical (unpaired) electrons. The zero-order chi connectivity index (χ0) is 11.3. The number of aliphatic hydroxyl groups excluding tert-OH is 1. The molecule has 0 aliphatic heterocycles.